The molecule has 0 fully saturated rings. The van der Waals surface area contributed by atoms with Crippen molar-refractivity contribution in [2.45, 2.75) is 59.7 Å². The second-order valence-electron chi connectivity index (χ2n) is 18.3. The van der Waals surface area contributed by atoms with E-state index in [1.54, 1.807) is 116 Å². The fraction of sp³-hybridized carbons (Fsp3) is 0.246. The summed E-state index contributed by atoms with van der Waals surface area (Å²) in [5, 5.41) is 12.8. The molecule has 5 aromatic carbocycles. The van der Waals surface area contributed by atoms with Crippen LogP contribution in [0, 0.1) is 24.9 Å². The molecule has 3 heterocycles. The lowest BCUT2D eigenvalue weighted by Gasteiger charge is -2.27. The van der Waals surface area contributed by atoms with E-state index >= 15 is 0 Å². The average molecular weight is 1220 g/mol. The van der Waals surface area contributed by atoms with Crippen molar-refractivity contribution in [3.63, 3.8) is 0 Å². The molecule has 0 unspecified atom stereocenters. The molecule has 0 aliphatic heterocycles. The molecule has 0 spiro atoms. The van der Waals surface area contributed by atoms with Gasteiger partial charge in [-0.15, -0.1) is 0 Å². The molecule has 0 saturated carbocycles. The molecule has 0 saturated heterocycles. The zero-order valence-electron chi connectivity index (χ0n) is 49.4. The summed E-state index contributed by atoms with van der Waals surface area (Å²) in [6.45, 7) is 12.5. The second kappa shape index (κ2) is 36.0. The van der Waals surface area contributed by atoms with Crippen LogP contribution in [0.1, 0.15) is 72.6 Å². The lowest BCUT2D eigenvalue weighted by molar-refractivity contribution is 0.0632. The zero-order valence-corrected chi connectivity index (χ0v) is 50.3. The fourth-order valence-corrected chi connectivity index (χ4v) is 9.30. The van der Waals surface area contributed by atoms with E-state index in [1.807, 2.05) is 27.7 Å². The number of benzene rings is 5. The number of hydrogen-bond acceptors (Lipinski definition) is 15. The molecule has 8 rings (SSSR count). The first-order chi connectivity index (χ1) is 42.0. The van der Waals surface area contributed by atoms with Crippen LogP contribution in [0.5, 0.6) is 11.5 Å². The Hall–Kier alpha value is -10.1. The molecule has 27 heteroatoms. The second-order valence-corrected chi connectivity index (χ2v) is 19.8. The van der Waals surface area contributed by atoms with E-state index in [9.17, 15) is 37.2 Å². The largest absolute Gasteiger partial charge is 0.525 e. The number of halogens is 3. The molecule has 3 atom stereocenters. The van der Waals surface area contributed by atoms with E-state index in [-0.39, 0.29) is 107 Å². The Morgan fingerprint density at radius 2 is 0.864 bits per heavy atom. The van der Waals surface area contributed by atoms with Gasteiger partial charge in [0.2, 0.25) is 0 Å². The highest BCUT2D eigenvalue weighted by molar-refractivity contribution is 7.53. The average Bonchev–Trinajstić information content (AvgIpc) is 1.16. The number of azide groups is 2. The van der Waals surface area contributed by atoms with Crippen LogP contribution < -0.4 is 14.8 Å². The topological polar surface area (TPSA) is 318 Å². The normalized spacial score (nSPS) is 11.4. The van der Waals surface area contributed by atoms with Gasteiger partial charge in [0, 0.05) is 96.7 Å². The maximum absolute atomic E-state index is 14.3. The summed E-state index contributed by atoms with van der Waals surface area (Å²) in [5.74, 6) is -1.52. The standard InChI is InChI=1S/C16H17FN6O.C16H19FN4O.C16H18FN3O2.C12H10N3O3P.CH3/c1-3-23(11(2)10-21-22-18)16(24)12-6-4-7-13(17)14(12)15-19-8-5-9-20-15;1-3-21(11(2)10-18)16(22)12-6-4-7-13(17)14(12)15-19-8-5-9-20-15;1-3-20(11(2)10-21)16(22)12-6-4-7-13(17)14(12)15-18-8-5-9-19-15;13-14-15-19(16,17-11-7-3-1-4-8-11)18-12-9-5-2-6-10-12;/h4-9,11H,3,10H2,1-2H3;4-9,11H,3,10,18H2,1-2H3;4-9,11,21H,3,10H2,1-2H3;1-10H;1H3/q;;;;-1/t3*11-;;/m000../s1. The summed E-state index contributed by atoms with van der Waals surface area (Å²) in [6.07, 6.45) is 9.01. The number of aliphatic hydroxyl groups is 1. The van der Waals surface area contributed by atoms with E-state index in [0.29, 0.717) is 37.7 Å². The molecule has 0 aliphatic rings. The van der Waals surface area contributed by atoms with Crippen molar-refractivity contribution in [1.82, 2.24) is 44.6 Å². The molecule has 3 aromatic heterocycles. The van der Waals surface area contributed by atoms with Crippen molar-refractivity contribution in [1.29, 1.82) is 0 Å². The van der Waals surface area contributed by atoms with Gasteiger partial charge < -0.3 is 42.0 Å². The number of aliphatic hydroxyl groups excluding tert-OH is 1. The van der Waals surface area contributed by atoms with Gasteiger partial charge in [-0.3, -0.25) is 14.4 Å². The highest BCUT2D eigenvalue weighted by Crippen LogP contribution is 2.50. The number of nitrogens with zero attached hydrogens (tertiary/aromatic N) is 15. The summed E-state index contributed by atoms with van der Waals surface area (Å²) in [4.78, 5) is 75.6. The summed E-state index contributed by atoms with van der Waals surface area (Å²) >= 11 is 0. The smallest absolute Gasteiger partial charge is 0.411 e. The van der Waals surface area contributed by atoms with Crippen LogP contribution in [0.4, 0.5) is 13.2 Å². The number of carbonyl (C=O) groups excluding carboxylic acids is 3. The number of nitrogens with two attached hydrogens (primary N) is 1. The highest BCUT2D eigenvalue weighted by atomic mass is 31.2. The Balaban J connectivity index is 0.000000251. The van der Waals surface area contributed by atoms with Gasteiger partial charge in [0.25, 0.3) is 17.7 Å². The van der Waals surface area contributed by atoms with Crippen LogP contribution in [0.2, 0.25) is 0 Å². The number of carbonyl (C=O) groups is 3. The predicted molar refractivity (Wildman–Crippen MR) is 328 cm³/mol. The number of amides is 3. The lowest BCUT2D eigenvalue weighted by Crippen LogP contribution is -2.42. The molecule has 0 bridgehead atoms. The molecule has 0 radical (unpaired) electrons. The number of para-hydroxylation sites is 2. The molecule has 3 N–H and O–H groups in total. The Labute approximate surface area is 508 Å². The van der Waals surface area contributed by atoms with E-state index in [4.69, 9.17) is 25.8 Å². The molecular weight excluding hydrogens is 1160 g/mol. The van der Waals surface area contributed by atoms with Gasteiger partial charge in [0.1, 0.15) is 29.0 Å². The Bertz CT molecular complexity index is 3480. The molecule has 88 heavy (non-hydrogen) atoms. The molecule has 8 aromatic rings. The third kappa shape index (κ3) is 19.5. The molecule has 23 nitrogen and oxygen atoms in total. The van der Waals surface area contributed by atoms with Crippen molar-refractivity contribution in [3.05, 3.63) is 233 Å². The van der Waals surface area contributed by atoms with Crippen molar-refractivity contribution >= 4 is 25.5 Å². The van der Waals surface area contributed by atoms with E-state index in [0.717, 1.165) is 0 Å². The lowest BCUT2D eigenvalue weighted by atomic mass is 10.0. The number of hydrogen-bond donors (Lipinski definition) is 2. The third-order valence-electron chi connectivity index (χ3n) is 12.6. The summed E-state index contributed by atoms with van der Waals surface area (Å²) < 4.78 is 65.5. The van der Waals surface area contributed by atoms with Crippen LogP contribution >= 0.6 is 7.75 Å². The van der Waals surface area contributed by atoms with Crippen LogP contribution in [-0.2, 0) is 4.57 Å². The van der Waals surface area contributed by atoms with Crippen LogP contribution in [-0.4, -0.2) is 125 Å². The van der Waals surface area contributed by atoms with Crippen molar-refractivity contribution in [2.24, 2.45) is 15.7 Å². The summed E-state index contributed by atoms with van der Waals surface area (Å²) in [6, 6.07) is 33.8. The van der Waals surface area contributed by atoms with Crippen LogP contribution in [0.25, 0.3) is 55.0 Å². The van der Waals surface area contributed by atoms with Crippen molar-refractivity contribution in [2.75, 3.05) is 39.3 Å². The van der Waals surface area contributed by atoms with Crippen molar-refractivity contribution in [3.8, 4) is 45.7 Å². The minimum absolute atomic E-state index is 0. The SMILES string of the molecule is CCN(C(=O)c1cccc(F)c1-c1ncccn1)[C@@H](C)CN.CCN(C(=O)c1cccc(F)c1-c1ncccn1)[C@@H](C)CN=[N+]=[N-].CCN(C(=O)c1cccc(F)c1-c1ncccn1)[C@@H](C)CO.[CH3-].[N-]=[N+]=NP(=O)(Oc1ccccc1)Oc1ccccc1. The first kappa shape index (κ1) is 70.4. The molecule has 3 amide bonds. The number of likely N-dealkylation sites (N-methyl/N-ethyl adjacent to an activating group) is 3. The Morgan fingerprint density at radius 1 is 0.534 bits per heavy atom. The van der Waals surface area contributed by atoms with E-state index in [1.165, 1.54) is 83.4 Å². The first-order valence-electron chi connectivity index (χ1n) is 27.1. The van der Waals surface area contributed by atoms with Crippen LogP contribution in [0.15, 0.2) is 181 Å². The fourth-order valence-electron chi connectivity index (χ4n) is 8.32. The molecule has 0 aliphatic carbocycles. The number of aromatic nitrogens is 6. The zero-order chi connectivity index (χ0) is 63.3. The van der Waals surface area contributed by atoms with Gasteiger partial charge >= 0.3 is 7.75 Å². The van der Waals surface area contributed by atoms with Gasteiger partial charge in [-0.25, -0.2) is 47.6 Å². The van der Waals surface area contributed by atoms with Gasteiger partial charge in [-0.2, -0.15) is 0 Å². The Morgan fingerprint density at radius 3 is 1.16 bits per heavy atom. The minimum atomic E-state index is -3.95. The third-order valence-corrected chi connectivity index (χ3v) is 13.8. The first-order valence-corrected chi connectivity index (χ1v) is 28.6. The van der Waals surface area contributed by atoms with Crippen LogP contribution in [0.3, 0.4) is 0 Å². The Kier molecular flexibility index (Phi) is 28.8. The maximum atomic E-state index is 14.3. The van der Waals surface area contributed by atoms with Gasteiger partial charge in [-0.05, 0) is 131 Å². The summed E-state index contributed by atoms with van der Waals surface area (Å²) in [5.41, 5.74) is 23.5. The number of rotatable bonds is 21. The molecular formula is C61H67F3N16O7P-. The highest BCUT2D eigenvalue weighted by Gasteiger charge is 2.29. The monoisotopic (exact) mass is 1220 g/mol. The van der Waals surface area contributed by atoms with E-state index in [2.05, 4.69) is 49.7 Å². The van der Waals surface area contributed by atoms with Gasteiger partial charge in [0.15, 0.2) is 17.5 Å². The molecule has 460 valence electrons. The van der Waals surface area contributed by atoms with Gasteiger partial charge in [-0.1, -0.05) is 59.7 Å². The quantitative estimate of drug-likeness (QED) is 0.0222. The van der Waals surface area contributed by atoms with E-state index < -0.39 is 25.2 Å². The minimum Gasteiger partial charge on any atom is -0.411 e. The van der Waals surface area contributed by atoms with Crippen molar-refractivity contribution < 1.29 is 46.3 Å². The van der Waals surface area contributed by atoms with Gasteiger partial charge in [0.05, 0.1) is 46.0 Å². The predicted octanol–water partition coefficient (Wildman–Crippen LogP) is 12.7. The summed E-state index contributed by atoms with van der Waals surface area (Å²) in [7, 11) is -3.95. The maximum Gasteiger partial charge on any atom is 0.525 e.